The van der Waals surface area contributed by atoms with E-state index in [1.54, 1.807) is 0 Å². The summed E-state index contributed by atoms with van der Waals surface area (Å²) in [6, 6.07) is 6.26. The monoisotopic (exact) mass is 311 g/mol. The predicted octanol–water partition coefficient (Wildman–Crippen LogP) is 4.27. The maximum absolute atomic E-state index is 6.26. The van der Waals surface area contributed by atoms with Crippen LogP contribution in [0.3, 0.4) is 0 Å². The van der Waals surface area contributed by atoms with E-state index in [1.807, 2.05) is 7.05 Å². The summed E-state index contributed by atoms with van der Waals surface area (Å²) in [5.41, 5.74) is 1.23. The van der Waals surface area contributed by atoms with Crippen molar-refractivity contribution in [2.75, 3.05) is 7.05 Å². The summed E-state index contributed by atoms with van der Waals surface area (Å²) in [6.07, 6.45) is 8.10. The van der Waals surface area contributed by atoms with Crippen molar-refractivity contribution in [3.63, 3.8) is 0 Å². The zero-order valence-corrected chi connectivity index (χ0v) is 12.6. The molecular weight excluding hydrogens is 290 g/mol. The minimum atomic E-state index is 0.391. The highest BCUT2D eigenvalue weighted by Gasteiger charge is 2.16. The highest BCUT2D eigenvalue weighted by molar-refractivity contribution is 9.10. The molecule has 1 N–H and O–H groups in total. The van der Waals surface area contributed by atoms with Crippen LogP contribution in [0.1, 0.15) is 44.1 Å². The van der Waals surface area contributed by atoms with E-state index in [0.29, 0.717) is 6.10 Å². The largest absolute Gasteiger partial charge is 0.489 e. The highest BCUT2D eigenvalue weighted by Crippen LogP contribution is 2.32. The third kappa shape index (κ3) is 3.72. The number of hydrogen-bond acceptors (Lipinski definition) is 2. The van der Waals surface area contributed by atoms with Gasteiger partial charge in [0.05, 0.1) is 10.6 Å². The summed E-state index contributed by atoms with van der Waals surface area (Å²) in [5, 5.41) is 3.20. The highest BCUT2D eigenvalue weighted by atomic mass is 79.9. The first-order chi connectivity index (χ1) is 8.81. The van der Waals surface area contributed by atoms with Crippen molar-refractivity contribution < 1.29 is 4.74 Å². The third-order valence-electron chi connectivity index (χ3n) is 3.50. The lowest BCUT2D eigenvalue weighted by atomic mass is 10.1. The van der Waals surface area contributed by atoms with Gasteiger partial charge in [-0.15, -0.1) is 0 Å². The zero-order chi connectivity index (χ0) is 12.8. The molecule has 0 aromatic heterocycles. The summed E-state index contributed by atoms with van der Waals surface area (Å²) in [4.78, 5) is 0. The summed E-state index contributed by atoms with van der Waals surface area (Å²) < 4.78 is 7.33. The molecule has 1 aromatic carbocycles. The first-order valence-electron chi connectivity index (χ1n) is 6.90. The SMILES string of the molecule is CNCc1cccc(Br)c1OC1CCCCCC1. The van der Waals surface area contributed by atoms with Crippen LogP contribution in [0.5, 0.6) is 5.75 Å². The zero-order valence-electron chi connectivity index (χ0n) is 11.0. The van der Waals surface area contributed by atoms with Gasteiger partial charge in [-0.3, -0.25) is 0 Å². The summed E-state index contributed by atoms with van der Waals surface area (Å²) in [7, 11) is 1.97. The second-order valence-electron chi connectivity index (χ2n) is 4.99. The molecule has 1 aromatic rings. The van der Waals surface area contributed by atoms with Crippen LogP contribution < -0.4 is 10.1 Å². The molecule has 1 fully saturated rings. The standard InChI is InChI=1S/C15H22BrNO/c1-17-11-12-7-6-10-14(16)15(12)18-13-8-4-2-3-5-9-13/h6-7,10,13,17H,2-5,8-9,11H2,1H3. The number of para-hydroxylation sites is 1. The van der Waals surface area contributed by atoms with Crippen LogP contribution >= 0.6 is 15.9 Å². The lowest BCUT2D eigenvalue weighted by Gasteiger charge is -2.20. The number of nitrogens with one attached hydrogen (secondary N) is 1. The van der Waals surface area contributed by atoms with Gasteiger partial charge in [0.15, 0.2) is 0 Å². The van der Waals surface area contributed by atoms with Crippen molar-refractivity contribution in [3.05, 3.63) is 28.2 Å². The number of ether oxygens (including phenoxy) is 1. The number of benzene rings is 1. The van der Waals surface area contributed by atoms with E-state index in [1.165, 1.54) is 44.1 Å². The van der Waals surface area contributed by atoms with Gasteiger partial charge in [-0.2, -0.15) is 0 Å². The van der Waals surface area contributed by atoms with Gasteiger partial charge in [0.25, 0.3) is 0 Å². The van der Waals surface area contributed by atoms with E-state index in [-0.39, 0.29) is 0 Å². The fraction of sp³-hybridized carbons (Fsp3) is 0.600. The van der Waals surface area contributed by atoms with Gasteiger partial charge in [-0.25, -0.2) is 0 Å². The molecule has 0 atom stereocenters. The lowest BCUT2D eigenvalue weighted by Crippen LogP contribution is -2.17. The Morgan fingerprint density at radius 1 is 1.22 bits per heavy atom. The first-order valence-corrected chi connectivity index (χ1v) is 7.69. The molecule has 0 amide bonds. The van der Waals surface area contributed by atoms with Crippen molar-refractivity contribution in [3.8, 4) is 5.75 Å². The molecule has 0 heterocycles. The normalized spacial score (nSPS) is 17.4. The Kier molecular flexibility index (Phi) is 5.51. The molecule has 0 aliphatic heterocycles. The molecule has 0 unspecified atom stereocenters. The quantitative estimate of drug-likeness (QED) is 0.838. The average molecular weight is 312 g/mol. The molecule has 3 heteroatoms. The Balaban J connectivity index is 2.10. The molecule has 2 rings (SSSR count). The van der Waals surface area contributed by atoms with E-state index in [2.05, 4.69) is 39.4 Å². The second-order valence-corrected chi connectivity index (χ2v) is 5.84. The van der Waals surface area contributed by atoms with Crippen LogP contribution in [0.2, 0.25) is 0 Å². The molecule has 2 nitrogen and oxygen atoms in total. The molecule has 1 aliphatic rings. The van der Waals surface area contributed by atoms with Gasteiger partial charge in [0, 0.05) is 12.1 Å². The van der Waals surface area contributed by atoms with Crippen molar-refractivity contribution in [1.29, 1.82) is 0 Å². The van der Waals surface area contributed by atoms with Gasteiger partial charge in [-0.05, 0) is 54.7 Å². The van der Waals surface area contributed by atoms with E-state index >= 15 is 0 Å². The maximum atomic E-state index is 6.26. The molecule has 100 valence electrons. The fourth-order valence-corrected chi connectivity index (χ4v) is 3.04. The average Bonchev–Trinajstić information content (AvgIpc) is 2.62. The van der Waals surface area contributed by atoms with Gasteiger partial charge in [-0.1, -0.05) is 25.0 Å². The van der Waals surface area contributed by atoms with E-state index in [4.69, 9.17) is 4.74 Å². The van der Waals surface area contributed by atoms with Crippen LogP contribution in [0.15, 0.2) is 22.7 Å². The fourth-order valence-electron chi connectivity index (χ4n) is 2.54. The predicted molar refractivity (Wildman–Crippen MR) is 79.0 cm³/mol. The summed E-state index contributed by atoms with van der Waals surface area (Å²) in [5.74, 6) is 1.03. The van der Waals surface area contributed by atoms with Crippen molar-refractivity contribution in [2.45, 2.75) is 51.2 Å². The second kappa shape index (κ2) is 7.15. The van der Waals surface area contributed by atoms with Gasteiger partial charge in [0.1, 0.15) is 5.75 Å². The van der Waals surface area contributed by atoms with Crippen LogP contribution in [-0.2, 0) is 6.54 Å². The molecule has 0 radical (unpaired) electrons. The first kappa shape index (κ1) is 13.9. The maximum Gasteiger partial charge on any atom is 0.138 e. The Hall–Kier alpha value is -0.540. The van der Waals surface area contributed by atoms with Crippen LogP contribution in [0.25, 0.3) is 0 Å². The molecular formula is C15H22BrNO. The number of rotatable bonds is 4. The summed E-state index contributed by atoms with van der Waals surface area (Å²) >= 11 is 3.61. The van der Waals surface area contributed by atoms with Crippen LogP contribution in [-0.4, -0.2) is 13.2 Å². The van der Waals surface area contributed by atoms with Crippen molar-refractivity contribution >= 4 is 15.9 Å². The van der Waals surface area contributed by atoms with Crippen molar-refractivity contribution in [2.24, 2.45) is 0 Å². The van der Waals surface area contributed by atoms with E-state index < -0.39 is 0 Å². The summed E-state index contributed by atoms with van der Waals surface area (Å²) in [6.45, 7) is 0.849. The molecule has 0 saturated heterocycles. The molecule has 1 saturated carbocycles. The van der Waals surface area contributed by atoms with Crippen molar-refractivity contribution in [1.82, 2.24) is 5.32 Å². The Bertz CT molecular complexity index is 373. The molecule has 0 bridgehead atoms. The number of hydrogen-bond donors (Lipinski definition) is 1. The lowest BCUT2D eigenvalue weighted by molar-refractivity contribution is 0.180. The topological polar surface area (TPSA) is 21.3 Å². The van der Waals surface area contributed by atoms with Crippen LogP contribution in [0.4, 0.5) is 0 Å². The smallest absolute Gasteiger partial charge is 0.138 e. The molecule has 18 heavy (non-hydrogen) atoms. The Labute approximate surface area is 118 Å². The third-order valence-corrected chi connectivity index (χ3v) is 4.13. The van der Waals surface area contributed by atoms with E-state index in [9.17, 15) is 0 Å². The minimum absolute atomic E-state index is 0.391. The number of halogens is 1. The Morgan fingerprint density at radius 3 is 2.61 bits per heavy atom. The molecule has 0 spiro atoms. The van der Waals surface area contributed by atoms with Gasteiger partial charge in [0.2, 0.25) is 0 Å². The Morgan fingerprint density at radius 2 is 1.94 bits per heavy atom. The van der Waals surface area contributed by atoms with Crippen LogP contribution in [0, 0.1) is 0 Å². The van der Waals surface area contributed by atoms with E-state index in [0.717, 1.165) is 16.8 Å². The van der Waals surface area contributed by atoms with Gasteiger partial charge >= 0.3 is 0 Å². The minimum Gasteiger partial charge on any atom is -0.489 e. The molecule has 1 aliphatic carbocycles. The van der Waals surface area contributed by atoms with Gasteiger partial charge < -0.3 is 10.1 Å².